The van der Waals surface area contributed by atoms with Gasteiger partial charge in [0.25, 0.3) is 5.91 Å². The molecule has 0 aromatic heterocycles. The zero-order chi connectivity index (χ0) is 19.4. The van der Waals surface area contributed by atoms with Gasteiger partial charge in [0.15, 0.2) is 9.84 Å². The number of likely N-dealkylation sites (tertiary alicyclic amines) is 1. The Labute approximate surface area is 164 Å². The predicted octanol–water partition coefficient (Wildman–Crippen LogP) is 3.82. The van der Waals surface area contributed by atoms with Crippen LogP contribution in [0.25, 0.3) is 0 Å². The minimum absolute atomic E-state index is 0.0184. The van der Waals surface area contributed by atoms with Gasteiger partial charge in [0.2, 0.25) is 0 Å². The molecule has 0 aliphatic carbocycles. The Kier molecular flexibility index (Phi) is 6.07. The normalized spacial score (nSPS) is 15.6. The van der Waals surface area contributed by atoms with Gasteiger partial charge in [-0.25, -0.2) is 8.42 Å². The van der Waals surface area contributed by atoms with E-state index in [9.17, 15) is 13.2 Å². The van der Waals surface area contributed by atoms with Crippen LogP contribution < -0.4 is 4.74 Å². The summed E-state index contributed by atoms with van der Waals surface area (Å²) in [6.07, 6.45) is 1.40. The highest BCUT2D eigenvalue weighted by atomic mass is 35.5. The molecule has 7 heteroatoms. The summed E-state index contributed by atoms with van der Waals surface area (Å²) in [5.74, 6) is 0.477. The predicted molar refractivity (Wildman–Crippen MR) is 105 cm³/mol. The zero-order valence-electron chi connectivity index (χ0n) is 15.1. The molecular formula is C20H22ClNO4S. The number of carbonyl (C=O) groups is 1. The largest absolute Gasteiger partial charge is 0.490 e. The molecule has 1 aliphatic rings. The van der Waals surface area contributed by atoms with Gasteiger partial charge in [-0.2, -0.15) is 0 Å². The molecule has 2 aromatic carbocycles. The number of amides is 1. The fraction of sp³-hybridized carbons (Fsp3) is 0.350. The Balaban J connectivity index is 1.66. The molecule has 0 spiro atoms. The first-order valence-corrected chi connectivity index (χ1v) is 11.0. The molecule has 0 bridgehead atoms. The van der Waals surface area contributed by atoms with Crippen molar-refractivity contribution in [2.24, 2.45) is 0 Å². The van der Waals surface area contributed by atoms with Crippen molar-refractivity contribution in [3.05, 3.63) is 59.1 Å². The third-order valence-corrected chi connectivity index (χ3v) is 6.72. The quantitative estimate of drug-likeness (QED) is 0.755. The first-order valence-electron chi connectivity index (χ1n) is 8.94. The highest BCUT2D eigenvalue weighted by Gasteiger charge is 2.28. The number of sulfone groups is 1. The molecular weight excluding hydrogens is 386 g/mol. The Morgan fingerprint density at radius 2 is 1.74 bits per heavy atom. The average Bonchev–Trinajstić information content (AvgIpc) is 2.70. The van der Waals surface area contributed by atoms with Crippen molar-refractivity contribution in [3.8, 4) is 5.75 Å². The summed E-state index contributed by atoms with van der Waals surface area (Å²) in [4.78, 5) is 14.7. The third-order valence-electron chi connectivity index (χ3n) is 4.68. The van der Waals surface area contributed by atoms with Gasteiger partial charge < -0.3 is 9.64 Å². The number of ether oxygens (including phenoxy) is 1. The third kappa shape index (κ3) is 4.62. The van der Waals surface area contributed by atoms with Gasteiger partial charge in [-0.15, -0.1) is 0 Å². The van der Waals surface area contributed by atoms with Crippen LogP contribution in [0.4, 0.5) is 0 Å². The second kappa shape index (κ2) is 8.31. The van der Waals surface area contributed by atoms with Gasteiger partial charge in [-0.05, 0) is 36.4 Å². The van der Waals surface area contributed by atoms with E-state index in [1.54, 1.807) is 42.2 Å². The van der Waals surface area contributed by atoms with Crippen LogP contribution in [0.3, 0.4) is 0 Å². The van der Waals surface area contributed by atoms with Gasteiger partial charge >= 0.3 is 0 Å². The Morgan fingerprint density at radius 1 is 1.11 bits per heavy atom. The van der Waals surface area contributed by atoms with Gasteiger partial charge in [-0.1, -0.05) is 30.7 Å². The lowest BCUT2D eigenvalue weighted by molar-refractivity contribution is 0.0592. The molecule has 144 valence electrons. The van der Waals surface area contributed by atoms with Crippen LogP contribution in [-0.2, 0) is 9.84 Å². The van der Waals surface area contributed by atoms with E-state index in [-0.39, 0.29) is 28.2 Å². The number of hydrogen-bond donors (Lipinski definition) is 0. The minimum atomic E-state index is -3.45. The average molecular weight is 408 g/mol. The number of piperidine rings is 1. The van der Waals surface area contributed by atoms with E-state index in [1.165, 1.54) is 6.07 Å². The monoisotopic (exact) mass is 407 g/mol. The molecule has 1 aliphatic heterocycles. The van der Waals surface area contributed by atoms with Crippen molar-refractivity contribution in [3.63, 3.8) is 0 Å². The summed E-state index contributed by atoms with van der Waals surface area (Å²) in [6.45, 7) is 2.63. The summed E-state index contributed by atoms with van der Waals surface area (Å²) in [5.41, 5.74) is 0.247. The molecule has 3 rings (SSSR count). The minimum Gasteiger partial charge on any atom is -0.490 e. The molecule has 0 atom stereocenters. The van der Waals surface area contributed by atoms with E-state index in [1.807, 2.05) is 12.1 Å². The van der Waals surface area contributed by atoms with E-state index in [4.69, 9.17) is 16.3 Å². The topological polar surface area (TPSA) is 63.7 Å². The lowest BCUT2D eigenvalue weighted by Crippen LogP contribution is -2.42. The zero-order valence-corrected chi connectivity index (χ0v) is 16.7. The SMILES string of the molecule is CCS(=O)(=O)c1ccccc1C(=O)N1CCC(Oc2ccc(Cl)cc2)CC1. The molecule has 5 nitrogen and oxygen atoms in total. The maximum absolute atomic E-state index is 12.9. The van der Waals surface area contributed by atoms with Crippen LogP contribution in [0.15, 0.2) is 53.4 Å². The van der Waals surface area contributed by atoms with Crippen molar-refractivity contribution in [2.45, 2.75) is 30.8 Å². The number of rotatable bonds is 5. The van der Waals surface area contributed by atoms with Crippen LogP contribution in [0.1, 0.15) is 30.1 Å². The van der Waals surface area contributed by atoms with E-state index in [2.05, 4.69) is 0 Å². The molecule has 0 radical (unpaired) electrons. The van der Waals surface area contributed by atoms with Crippen molar-refractivity contribution in [1.29, 1.82) is 0 Å². The molecule has 1 fully saturated rings. The van der Waals surface area contributed by atoms with E-state index in [0.29, 0.717) is 31.0 Å². The second-order valence-corrected chi connectivity index (χ2v) is 9.15. The lowest BCUT2D eigenvalue weighted by Gasteiger charge is -2.32. The Morgan fingerprint density at radius 3 is 2.37 bits per heavy atom. The maximum Gasteiger partial charge on any atom is 0.255 e. The van der Waals surface area contributed by atoms with Gasteiger partial charge in [0.05, 0.1) is 16.2 Å². The number of nitrogens with zero attached hydrogens (tertiary/aromatic N) is 1. The highest BCUT2D eigenvalue weighted by molar-refractivity contribution is 7.91. The van der Waals surface area contributed by atoms with Crippen LogP contribution >= 0.6 is 11.6 Å². The molecule has 2 aromatic rings. The molecule has 1 amide bonds. The van der Waals surface area contributed by atoms with E-state index < -0.39 is 9.84 Å². The van der Waals surface area contributed by atoms with Crippen molar-refractivity contribution < 1.29 is 17.9 Å². The maximum atomic E-state index is 12.9. The van der Waals surface area contributed by atoms with Crippen molar-refractivity contribution in [1.82, 2.24) is 4.90 Å². The lowest BCUT2D eigenvalue weighted by atomic mass is 10.1. The molecule has 27 heavy (non-hydrogen) atoms. The Hall–Kier alpha value is -2.05. The fourth-order valence-corrected chi connectivity index (χ4v) is 4.34. The molecule has 0 N–H and O–H groups in total. The van der Waals surface area contributed by atoms with Crippen molar-refractivity contribution >= 4 is 27.3 Å². The van der Waals surface area contributed by atoms with Crippen LogP contribution in [0.2, 0.25) is 5.02 Å². The summed E-state index contributed by atoms with van der Waals surface area (Å²) in [7, 11) is -3.45. The van der Waals surface area contributed by atoms with Crippen LogP contribution in [0, 0.1) is 0 Å². The first-order chi connectivity index (χ1) is 12.9. The van der Waals surface area contributed by atoms with Gasteiger partial charge in [0, 0.05) is 31.0 Å². The summed E-state index contributed by atoms with van der Waals surface area (Å²) in [6, 6.07) is 13.6. The van der Waals surface area contributed by atoms with Crippen LogP contribution in [0.5, 0.6) is 5.75 Å². The second-order valence-electron chi connectivity index (χ2n) is 6.46. The van der Waals surface area contributed by atoms with Crippen molar-refractivity contribution in [2.75, 3.05) is 18.8 Å². The number of hydrogen-bond acceptors (Lipinski definition) is 4. The van der Waals surface area contributed by atoms with Gasteiger partial charge in [0.1, 0.15) is 11.9 Å². The van der Waals surface area contributed by atoms with E-state index >= 15 is 0 Å². The number of carbonyl (C=O) groups excluding carboxylic acids is 1. The molecule has 0 unspecified atom stereocenters. The van der Waals surface area contributed by atoms with Crippen LogP contribution in [-0.4, -0.2) is 44.2 Å². The summed E-state index contributed by atoms with van der Waals surface area (Å²) >= 11 is 5.88. The molecule has 1 saturated heterocycles. The molecule has 0 saturated carbocycles. The number of halogens is 1. The van der Waals surface area contributed by atoms with E-state index in [0.717, 1.165) is 5.75 Å². The summed E-state index contributed by atoms with van der Waals surface area (Å²) < 4.78 is 30.5. The summed E-state index contributed by atoms with van der Waals surface area (Å²) in [5, 5.41) is 0.656. The fourth-order valence-electron chi connectivity index (χ4n) is 3.12. The highest BCUT2D eigenvalue weighted by Crippen LogP contribution is 2.24. The first kappa shape index (κ1) is 19.7. The van der Waals surface area contributed by atoms with Gasteiger partial charge in [-0.3, -0.25) is 4.79 Å². The standard InChI is InChI=1S/C20H22ClNO4S/c1-2-27(24,25)19-6-4-3-5-18(19)20(23)22-13-11-17(12-14-22)26-16-9-7-15(21)8-10-16/h3-10,17H,2,11-14H2,1H3. The Bertz CT molecular complexity index is 904. The smallest absolute Gasteiger partial charge is 0.255 e. The number of benzene rings is 2. The molecule has 1 heterocycles.